The average Bonchev–Trinajstić information content (AvgIpc) is 2.45. The lowest BCUT2D eigenvalue weighted by Gasteiger charge is -2.33. The van der Waals surface area contributed by atoms with Gasteiger partial charge in [0.05, 0.1) is 18.4 Å². The summed E-state index contributed by atoms with van der Waals surface area (Å²) in [6, 6.07) is 3.63. The molecule has 2 rings (SSSR count). The van der Waals surface area contributed by atoms with E-state index in [-0.39, 0.29) is 5.97 Å². The molecule has 110 valence electrons. The Hall–Kier alpha value is -1.58. The van der Waals surface area contributed by atoms with Gasteiger partial charge in [-0.3, -0.25) is 0 Å². The van der Waals surface area contributed by atoms with Crippen LogP contribution in [0, 0.1) is 12.3 Å². The number of carbonyl (C=O) groups excluding carboxylic acids is 1. The monoisotopic (exact) mass is 276 g/mol. The number of nitrogens with zero attached hydrogens (tertiary/aromatic N) is 1. The maximum absolute atomic E-state index is 11.5. The largest absolute Gasteiger partial charge is 0.465 e. The molecule has 1 fully saturated rings. The summed E-state index contributed by atoms with van der Waals surface area (Å²) in [4.78, 5) is 16.0. The molecule has 0 unspecified atom stereocenters. The molecule has 0 radical (unpaired) electrons. The molecule has 4 heteroatoms. The van der Waals surface area contributed by atoms with Crippen LogP contribution in [0.15, 0.2) is 12.1 Å². The Morgan fingerprint density at radius 2 is 2.05 bits per heavy atom. The maximum atomic E-state index is 11.5. The van der Waals surface area contributed by atoms with Crippen LogP contribution in [0.5, 0.6) is 0 Å². The van der Waals surface area contributed by atoms with Crippen LogP contribution in [0.25, 0.3) is 0 Å². The number of rotatable bonds is 4. The molecular weight excluding hydrogens is 252 g/mol. The van der Waals surface area contributed by atoms with Crippen LogP contribution in [0.4, 0.5) is 5.82 Å². The lowest BCUT2D eigenvalue weighted by atomic mass is 9.76. The van der Waals surface area contributed by atoms with Crippen molar-refractivity contribution in [3.63, 3.8) is 0 Å². The van der Waals surface area contributed by atoms with Gasteiger partial charge in [0.15, 0.2) is 0 Å². The van der Waals surface area contributed by atoms with Crippen molar-refractivity contribution >= 4 is 11.8 Å². The number of esters is 1. The van der Waals surface area contributed by atoms with E-state index in [0.717, 1.165) is 12.4 Å². The molecule has 0 saturated heterocycles. The SMILES string of the molecule is COC(=O)c1ccc(NCC2(C)CCCCC2)nc1C. The predicted octanol–water partition coefficient (Wildman–Crippen LogP) is 3.56. The minimum Gasteiger partial charge on any atom is -0.465 e. The number of nitrogens with one attached hydrogen (secondary N) is 1. The van der Waals surface area contributed by atoms with E-state index in [0.29, 0.717) is 16.7 Å². The summed E-state index contributed by atoms with van der Waals surface area (Å²) >= 11 is 0. The normalized spacial score (nSPS) is 17.6. The molecule has 1 saturated carbocycles. The summed E-state index contributed by atoms with van der Waals surface area (Å²) in [5, 5.41) is 3.42. The topological polar surface area (TPSA) is 51.2 Å². The Labute approximate surface area is 120 Å². The fraction of sp³-hybridized carbons (Fsp3) is 0.625. The molecule has 1 aromatic heterocycles. The van der Waals surface area contributed by atoms with Crippen molar-refractivity contribution in [1.29, 1.82) is 0 Å². The molecule has 1 N–H and O–H groups in total. The molecule has 1 aliphatic carbocycles. The first-order valence-corrected chi connectivity index (χ1v) is 7.34. The second-order valence-electron chi connectivity index (χ2n) is 6.05. The zero-order valence-corrected chi connectivity index (χ0v) is 12.7. The zero-order chi connectivity index (χ0) is 14.6. The van der Waals surface area contributed by atoms with Gasteiger partial charge in [0.2, 0.25) is 0 Å². The smallest absolute Gasteiger partial charge is 0.339 e. The number of hydrogen-bond donors (Lipinski definition) is 1. The van der Waals surface area contributed by atoms with E-state index in [1.54, 1.807) is 6.07 Å². The highest BCUT2D eigenvalue weighted by atomic mass is 16.5. The third-order valence-corrected chi connectivity index (χ3v) is 4.25. The number of aryl methyl sites for hydroxylation is 1. The van der Waals surface area contributed by atoms with E-state index >= 15 is 0 Å². The first-order chi connectivity index (χ1) is 9.54. The fourth-order valence-corrected chi connectivity index (χ4v) is 2.87. The number of hydrogen-bond acceptors (Lipinski definition) is 4. The number of anilines is 1. The van der Waals surface area contributed by atoms with E-state index in [4.69, 9.17) is 4.74 Å². The van der Waals surface area contributed by atoms with Crippen molar-refractivity contribution in [3.8, 4) is 0 Å². The average molecular weight is 276 g/mol. The summed E-state index contributed by atoms with van der Waals surface area (Å²) in [6.07, 6.45) is 6.57. The van der Waals surface area contributed by atoms with Crippen molar-refractivity contribution in [2.45, 2.75) is 46.0 Å². The summed E-state index contributed by atoms with van der Waals surface area (Å²) in [5.74, 6) is 0.503. The van der Waals surface area contributed by atoms with Gasteiger partial charge in [-0.1, -0.05) is 26.2 Å². The standard InChI is InChI=1S/C16H24N2O2/c1-12-13(15(19)20-3)7-8-14(18-12)17-11-16(2)9-5-4-6-10-16/h7-8H,4-6,9-11H2,1-3H3,(H,17,18). The molecule has 0 amide bonds. The number of methoxy groups -OCH3 is 1. The van der Waals surface area contributed by atoms with Crippen molar-refractivity contribution in [1.82, 2.24) is 4.98 Å². The first kappa shape index (κ1) is 14.8. The van der Waals surface area contributed by atoms with E-state index in [1.165, 1.54) is 39.2 Å². The van der Waals surface area contributed by atoms with Crippen LogP contribution >= 0.6 is 0 Å². The molecule has 0 spiro atoms. The Bertz CT molecular complexity index is 479. The molecule has 1 aromatic rings. The van der Waals surface area contributed by atoms with E-state index < -0.39 is 0 Å². The number of aromatic nitrogens is 1. The summed E-state index contributed by atoms with van der Waals surface area (Å²) in [5.41, 5.74) is 1.60. The van der Waals surface area contributed by atoms with Gasteiger partial charge >= 0.3 is 5.97 Å². The molecule has 0 aromatic carbocycles. The van der Waals surface area contributed by atoms with Gasteiger partial charge < -0.3 is 10.1 Å². The van der Waals surface area contributed by atoms with Crippen LogP contribution in [-0.4, -0.2) is 24.6 Å². The zero-order valence-electron chi connectivity index (χ0n) is 12.7. The molecule has 0 aliphatic heterocycles. The molecule has 0 bridgehead atoms. The van der Waals surface area contributed by atoms with Gasteiger partial charge in [-0.05, 0) is 37.3 Å². The van der Waals surface area contributed by atoms with Gasteiger partial charge in [0, 0.05) is 6.54 Å². The Balaban J connectivity index is 2.00. The maximum Gasteiger partial charge on any atom is 0.339 e. The van der Waals surface area contributed by atoms with Gasteiger partial charge in [0.1, 0.15) is 5.82 Å². The minimum absolute atomic E-state index is 0.333. The highest BCUT2D eigenvalue weighted by molar-refractivity contribution is 5.90. The van der Waals surface area contributed by atoms with Crippen molar-refractivity contribution in [3.05, 3.63) is 23.4 Å². The second kappa shape index (κ2) is 6.25. The van der Waals surface area contributed by atoms with Crippen LogP contribution < -0.4 is 5.32 Å². The predicted molar refractivity (Wildman–Crippen MR) is 80.0 cm³/mol. The van der Waals surface area contributed by atoms with Crippen LogP contribution in [-0.2, 0) is 4.74 Å². The minimum atomic E-state index is -0.333. The summed E-state index contributed by atoms with van der Waals surface area (Å²) in [7, 11) is 1.39. The summed E-state index contributed by atoms with van der Waals surface area (Å²) in [6.45, 7) is 5.12. The van der Waals surface area contributed by atoms with Crippen LogP contribution in [0.3, 0.4) is 0 Å². The molecule has 1 aliphatic rings. The van der Waals surface area contributed by atoms with Gasteiger partial charge in [-0.15, -0.1) is 0 Å². The van der Waals surface area contributed by atoms with E-state index in [1.807, 2.05) is 13.0 Å². The Morgan fingerprint density at radius 3 is 2.65 bits per heavy atom. The highest BCUT2D eigenvalue weighted by Gasteiger charge is 2.26. The Morgan fingerprint density at radius 1 is 1.35 bits per heavy atom. The van der Waals surface area contributed by atoms with Gasteiger partial charge in [-0.2, -0.15) is 0 Å². The van der Waals surface area contributed by atoms with E-state index in [2.05, 4.69) is 17.2 Å². The van der Waals surface area contributed by atoms with Crippen molar-refractivity contribution in [2.75, 3.05) is 19.0 Å². The number of carbonyl (C=O) groups is 1. The van der Waals surface area contributed by atoms with Crippen molar-refractivity contribution in [2.24, 2.45) is 5.41 Å². The lowest BCUT2D eigenvalue weighted by molar-refractivity contribution is 0.0599. The number of ether oxygens (including phenoxy) is 1. The molecular formula is C16H24N2O2. The van der Waals surface area contributed by atoms with Crippen LogP contribution in [0.2, 0.25) is 0 Å². The second-order valence-corrected chi connectivity index (χ2v) is 6.05. The van der Waals surface area contributed by atoms with Gasteiger partial charge in [-0.25, -0.2) is 9.78 Å². The molecule has 1 heterocycles. The first-order valence-electron chi connectivity index (χ1n) is 7.34. The highest BCUT2D eigenvalue weighted by Crippen LogP contribution is 2.35. The number of pyridine rings is 1. The quantitative estimate of drug-likeness (QED) is 0.854. The van der Waals surface area contributed by atoms with Gasteiger partial charge in [0.25, 0.3) is 0 Å². The molecule has 4 nitrogen and oxygen atoms in total. The van der Waals surface area contributed by atoms with E-state index in [9.17, 15) is 4.79 Å². The lowest BCUT2D eigenvalue weighted by Crippen LogP contribution is -2.29. The van der Waals surface area contributed by atoms with Crippen LogP contribution in [0.1, 0.15) is 55.1 Å². The Kier molecular flexibility index (Phi) is 4.63. The molecule has 0 atom stereocenters. The molecule has 20 heavy (non-hydrogen) atoms. The fourth-order valence-electron chi connectivity index (χ4n) is 2.87. The summed E-state index contributed by atoms with van der Waals surface area (Å²) < 4.78 is 4.73. The van der Waals surface area contributed by atoms with Crippen molar-refractivity contribution < 1.29 is 9.53 Å². The third-order valence-electron chi connectivity index (χ3n) is 4.25. The third kappa shape index (κ3) is 3.50.